The number of likely N-dealkylation sites (tertiary alicyclic amines) is 1. The summed E-state index contributed by atoms with van der Waals surface area (Å²) in [6.45, 7) is 4.53. The van der Waals surface area contributed by atoms with Gasteiger partial charge >= 0.3 is 0 Å². The summed E-state index contributed by atoms with van der Waals surface area (Å²) in [7, 11) is 1.98. The van der Waals surface area contributed by atoms with Crippen molar-refractivity contribution in [3.8, 4) is 5.75 Å². The molecule has 1 fully saturated rings. The number of nitrogens with one attached hydrogen (secondary N) is 1. The number of aryl methyl sites for hydroxylation is 1. The van der Waals surface area contributed by atoms with E-state index in [1.54, 1.807) is 13.0 Å². The predicted molar refractivity (Wildman–Crippen MR) is 104 cm³/mol. The molecule has 1 saturated heterocycles. The van der Waals surface area contributed by atoms with Gasteiger partial charge in [-0.2, -0.15) is 4.98 Å². The topological polar surface area (TPSA) is 80.5 Å². The van der Waals surface area contributed by atoms with E-state index >= 15 is 0 Å². The van der Waals surface area contributed by atoms with Gasteiger partial charge in [0, 0.05) is 20.0 Å². The predicted octanol–water partition coefficient (Wildman–Crippen LogP) is 2.84. The zero-order valence-electron chi connectivity index (χ0n) is 15.8. The number of piperidine rings is 1. The van der Waals surface area contributed by atoms with E-state index in [1.807, 2.05) is 30.1 Å². The summed E-state index contributed by atoms with van der Waals surface area (Å²) in [5, 5.41) is 7.01. The minimum Gasteiger partial charge on any atom is -0.485 e. The van der Waals surface area contributed by atoms with Crippen molar-refractivity contribution in [2.75, 3.05) is 26.7 Å². The fraction of sp³-hybridized carbons (Fsp3) is 0.526. The van der Waals surface area contributed by atoms with Gasteiger partial charge in [-0.15, -0.1) is 12.4 Å². The van der Waals surface area contributed by atoms with Crippen LogP contribution in [0, 0.1) is 12.8 Å². The molecule has 7 nitrogen and oxygen atoms in total. The first-order valence-electron chi connectivity index (χ1n) is 9.12. The minimum absolute atomic E-state index is 0. The molecule has 1 aromatic heterocycles. The molecule has 1 aliphatic rings. The summed E-state index contributed by atoms with van der Waals surface area (Å²) in [5.41, 5.74) is 0.585. The molecule has 2 aromatic rings. The number of halogens is 1. The third-order valence-corrected chi connectivity index (χ3v) is 4.75. The number of aromatic nitrogens is 2. The highest BCUT2D eigenvalue weighted by Crippen LogP contribution is 2.25. The number of rotatable bonds is 7. The van der Waals surface area contributed by atoms with Gasteiger partial charge in [0.1, 0.15) is 5.75 Å². The highest BCUT2D eigenvalue weighted by molar-refractivity contribution is 5.97. The largest absolute Gasteiger partial charge is 0.485 e. The average molecular weight is 395 g/mol. The molecule has 3 rings (SSSR count). The van der Waals surface area contributed by atoms with Gasteiger partial charge in [0.15, 0.2) is 6.61 Å². The normalized spacial score (nSPS) is 14.7. The molecule has 0 saturated carbocycles. The summed E-state index contributed by atoms with van der Waals surface area (Å²) in [6.07, 6.45) is 3.28. The maximum Gasteiger partial charge on any atom is 0.257 e. The average Bonchev–Trinajstić information content (AvgIpc) is 3.10. The van der Waals surface area contributed by atoms with E-state index in [4.69, 9.17) is 9.26 Å². The van der Waals surface area contributed by atoms with Crippen molar-refractivity contribution in [2.24, 2.45) is 5.92 Å². The van der Waals surface area contributed by atoms with Crippen molar-refractivity contribution in [1.82, 2.24) is 20.4 Å². The number of ether oxygens (including phenoxy) is 1. The van der Waals surface area contributed by atoms with Gasteiger partial charge in [-0.05, 0) is 50.9 Å². The fourth-order valence-corrected chi connectivity index (χ4v) is 3.25. The van der Waals surface area contributed by atoms with Crippen molar-refractivity contribution in [3.63, 3.8) is 0 Å². The van der Waals surface area contributed by atoms with Crippen molar-refractivity contribution in [3.05, 3.63) is 41.5 Å². The van der Waals surface area contributed by atoms with Crippen molar-refractivity contribution < 1.29 is 14.1 Å². The summed E-state index contributed by atoms with van der Waals surface area (Å²) >= 11 is 0. The van der Waals surface area contributed by atoms with Crippen LogP contribution in [-0.4, -0.2) is 47.6 Å². The Morgan fingerprint density at radius 3 is 2.74 bits per heavy atom. The Kier molecular flexibility index (Phi) is 8.06. The lowest BCUT2D eigenvalue weighted by molar-refractivity contribution is 0.0682. The standard InChI is InChI=1S/C19H26N4O3.ClH/c1-14-21-18(22-26-14)13-25-17-6-4-3-5-16(17)19(24)23-11-8-15(9-12-23)7-10-20-2;/h3-6,15,20H,7-13H2,1-2H3;1H. The van der Waals surface area contributed by atoms with Gasteiger partial charge < -0.3 is 19.5 Å². The molecule has 0 radical (unpaired) electrons. The number of carbonyl (C=O) groups is 1. The van der Waals surface area contributed by atoms with Crippen LogP contribution in [0.5, 0.6) is 5.75 Å². The SMILES string of the molecule is CNCCC1CCN(C(=O)c2ccccc2OCc2noc(C)n2)CC1.Cl. The zero-order valence-corrected chi connectivity index (χ0v) is 16.6. The van der Waals surface area contributed by atoms with E-state index in [-0.39, 0.29) is 24.9 Å². The van der Waals surface area contributed by atoms with Crippen LogP contribution in [0.3, 0.4) is 0 Å². The Bertz CT molecular complexity index is 729. The first-order chi connectivity index (χ1) is 12.7. The Labute approximate surface area is 165 Å². The van der Waals surface area contributed by atoms with E-state index in [2.05, 4.69) is 15.5 Å². The number of para-hydroxylation sites is 1. The van der Waals surface area contributed by atoms with Gasteiger partial charge in [0.05, 0.1) is 5.56 Å². The van der Waals surface area contributed by atoms with E-state index in [9.17, 15) is 4.79 Å². The molecular formula is C19H27ClN4O3. The molecule has 0 atom stereocenters. The Balaban J connectivity index is 0.00000261. The summed E-state index contributed by atoms with van der Waals surface area (Å²) in [5.74, 6) is 2.23. The molecule has 1 amide bonds. The van der Waals surface area contributed by atoms with Crippen molar-refractivity contribution >= 4 is 18.3 Å². The van der Waals surface area contributed by atoms with Gasteiger partial charge in [0.2, 0.25) is 11.7 Å². The maximum absolute atomic E-state index is 12.9. The van der Waals surface area contributed by atoms with Crippen molar-refractivity contribution in [2.45, 2.75) is 32.8 Å². The summed E-state index contributed by atoms with van der Waals surface area (Å²) in [6, 6.07) is 7.34. The van der Waals surface area contributed by atoms with Gasteiger partial charge in [-0.3, -0.25) is 4.79 Å². The molecule has 8 heteroatoms. The Hall–Kier alpha value is -2.12. The number of nitrogens with zero attached hydrogens (tertiary/aromatic N) is 3. The molecule has 27 heavy (non-hydrogen) atoms. The van der Waals surface area contributed by atoms with Crippen LogP contribution >= 0.6 is 12.4 Å². The highest BCUT2D eigenvalue weighted by Gasteiger charge is 2.25. The van der Waals surface area contributed by atoms with E-state index < -0.39 is 0 Å². The second-order valence-corrected chi connectivity index (χ2v) is 6.64. The molecule has 148 valence electrons. The molecule has 0 unspecified atom stereocenters. The first kappa shape index (κ1) is 21.2. The zero-order chi connectivity index (χ0) is 18.4. The maximum atomic E-state index is 12.9. The number of benzene rings is 1. The molecule has 2 heterocycles. The Morgan fingerprint density at radius 1 is 1.33 bits per heavy atom. The van der Waals surface area contributed by atoms with Gasteiger partial charge in [0.25, 0.3) is 5.91 Å². The minimum atomic E-state index is 0. The second kappa shape index (κ2) is 10.3. The number of amides is 1. The Morgan fingerprint density at radius 2 is 2.07 bits per heavy atom. The first-order valence-corrected chi connectivity index (χ1v) is 9.12. The van der Waals surface area contributed by atoms with Crippen LogP contribution in [0.15, 0.2) is 28.8 Å². The molecule has 0 spiro atoms. The van der Waals surface area contributed by atoms with Gasteiger partial charge in [-0.1, -0.05) is 17.3 Å². The number of hydrogen-bond donors (Lipinski definition) is 1. The molecule has 0 aliphatic carbocycles. The summed E-state index contributed by atoms with van der Waals surface area (Å²) in [4.78, 5) is 19.0. The smallest absolute Gasteiger partial charge is 0.257 e. The van der Waals surface area contributed by atoms with Crippen LogP contribution < -0.4 is 10.1 Å². The highest BCUT2D eigenvalue weighted by atomic mass is 35.5. The van der Waals surface area contributed by atoms with Gasteiger partial charge in [-0.25, -0.2) is 0 Å². The van der Waals surface area contributed by atoms with E-state index in [1.165, 1.54) is 6.42 Å². The third kappa shape index (κ3) is 5.68. The third-order valence-electron chi connectivity index (χ3n) is 4.75. The van der Waals surface area contributed by atoms with Crippen LogP contribution in [0.25, 0.3) is 0 Å². The number of carbonyl (C=O) groups excluding carboxylic acids is 1. The van der Waals surface area contributed by atoms with Crippen LogP contribution in [0.4, 0.5) is 0 Å². The lowest BCUT2D eigenvalue weighted by Crippen LogP contribution is -2.39. The molecular weight excluding hydrogens is 368 g/mol. The molecule has 1 aliphatic heterocycles. The molecule has 1 N–H and O–H groups in total. The molecule has 0 bridgehead atoms. The fourth-order valence-electron chi connectivity index (χ4n) is 3.25. The molecule has 1 aromatic carbocycles. The van der Waals surface area contributed by atoms with Crippen LogP contribution in [0.1, 0.15) is 41.3 Å². The lowest BCUT2D eigenvalue weighted by atomic mass is 9.93. The van der Waals surface area contributed by atoms with Crippen molar-refractivity contribution in [1.29, 1.82) is 0 Å². The number of hydrogen-bond acceptors (Lipinski definition) is 6. The monoisotopic (exact) mass is 394 g/mol. The van der Waals surface area contributed by atoms with Crippen LogP contribution in [0.2, 0.25) is 0 Å². The second-order valence-electron chi connectivity index (χ2n) is 6.64. The lowest BCUT2D eigenvalue weighted by Gasteiger charge is -2.32. The van der Waals surface area contributed by atoms with Crippen LogP contribution in [-0.2, 0) is 6.61 Å². The van der Waals surface area contributed by atoms with E-state index in [0.717, 1.165) is 32.5 Å². The quantitative estimate of drug-likeness (QED) is 0.777. The van der Waals surface area contributed by atoms with E-state index in [0.29, 0.717) is 28.9 Å². The summed E-state index contributed by atoms with van der Waals surface area (Å²) < 4.78 is 10.7.